The minimum absolute atomic E-state index is 0.0879. The fourth-order valence-corrected chi connectivity index (χ4v) is 4.99. The summed E-state index contributed by atoms with van der Waals surface area (Å²) >= 11 is 1.61. The maximum absolute atomic E-state index is 12.5. The number of carbonyl (C=O) groups excluding carboxylic acids is 1. The van der Waals surface area contributed by atoms with Crippen LogP contribution < -0.4 is 5.32 Å². The van der Waals surface area contributed by atoms with Crippen LogP contribution in [0, 0.1) is 5.92 Å². The predicted octanol–water partition coefficient (Wildman–Crippen LogP) is 5.82. The van der Waals surface area contributed by atoms with Gasteiger partial charge in [0.15, 0.2) is 11.5 Å². The van der Waals surface area contributed by atoms with Gasteiger partial charge < -0.3 is 5.32 Å². The van der Waals surface area contributed by atoms with Crippen molar-refractivity contribution in [2.24, 2.45) is 5.92 Å². The van der Waals surface area contributed by atoms with Crippen LogP contribution in [0.5, 0.6) is 0 Å². The van der Waals surface area contributed by atoms with Crippen LogP contribution in [0.2, 0.25) is 0 Å². The number of amides is 1. The SMILES string of the molecule is O=C(CCC1CCCCC1)Nc1cccc(-c2ccc3nnc(-c4cccs4)n3n2)c1. The van der Waals surface area contributed by atoms with Gasteiger partial charge in [-0.15, -0.1) is 21.5 Å². The molecule has 1 fully saturated rings. The number of benzene rings is 1. The largest absolute Gasteiger partial charge is 0.326 e. The van der Waals surface area contributed by atoms with E-state index >= 15 is 0 Å². The maximum Gasteiger partial charge on any atom is 0.224 e. The van der Waals surface area contributed by atoms with E-state index in [9.17, 15) is 4.79 Å². The highest BCUT2D eigenvalue weighted by molar-refractivity contribution is 7.13. The van der Waals surface area contributed by atoms with E-state index in [-0.39, 0.29) is 5.91 Å². The fraction of sp³-hybridized carbons (Fsp3) is 0.333. The Labute approximate surface area is 185 Å². The molecule has 4 aromatic rings. The Hall–Kier alpha value is -3.06. The van der Waals surface area contributed by atoms with Gasteiger partial charge in [0.25, 0.3) is 0 Å². The summed E-state index contributed by atoms with van der Waals surface area (Å²) in [6.45, 7) is 0. The molecule has 0 bridgehead atoms. The quantitative estimate of drug-likeness (QED) is 0.418. The lowest BCUT2D eigenvalue weighted by Gasteiger charge is -2.21. The summed E-state index contributed by atoms with van der Waals surface area (Å²) in [4.78, 5) is 13.5. The lowest BCUT2D eigenvalue weighted by atomic mass is 9.86. The second-order valence-corrected chi connectivity index (χ2v) is 9.11. The van der Waals surface area contributed by atoms with Gasteiger partial charge in [-0.25, -0.2) is 0 Å². The summed E-state index contributed by atoms with van der Waals surface area (Å²) in [7, 11) is 0. The summed E-state index contributed by atoms with van der Waals surface area (Å²) in [6.07, 6.45) is 8.09. The Balaban J connectivity index is 1.32. The van der Waals surface area contributed by atoms with Crippen LogP contribution in [0.15, 0.2) is 53.9 Å². The summed E-state index contributed by atoms with van der Waals surface area (Å²) in [5.41, 5.74) is 3.26. The first-order valence-corrected chi connectivity index (χ1v) is 11.8. The van der Waals surface area contributed by atoms with Crippen molar-refractivity contribution in [1.29, 1.82) is 0 Å². The molecule has 5 rings (SSSR count). The van der Waals surface area contributed by atoms with Gasteiger partial charge in [-0.2, -0.15) is 9.61 Å². The molecule has 7 heteroatoms. The van der Waals surface area contributed by atoms with Gasteiger partial charge in [0, 0.05) is 17.7 Å². The van der Waals surface area contributed by atoms with Gasteiger partial charge >= 0.3 is 0 Å². The zero-order valence-electron chi connectivity index (χ0n) is 17.3. The van der Waals surface area contributed by atoms with Crippen LogP contribution >= 0.6 is 11.3 Å². The Morgan fingerprint density at radius 3 is 2.81 bits per heavy atom. The lowest BCUT2D eigenvalue weighted by Crippen LogP contribution is -2.14. The number of rotatable bonds is 6. The minimum atomic E-state index is 0.0879. The Morgan fingerprint density at radius 1 is 1.06 bits per heavy atom. The molecular formula is C24H25N5OS. The summed E-state index contributed by atoms with van der Waals surface area (Å²) in [6, 6.07) is 15.7. The minimum Gasteiger partial charge on any atom is -0.326 e. The van der Waals surface area contributed by atoms with Crippen molar-refractivity contribution < 1.29 is 4.79 Å². The van der Waals surface area contributed by atoms with E-state index in [2.05, 4.69) is 15.5 Å². The molecule has 0 unspecified atom stereocenters. The molecule has 0 atom stereocenters. The van der Waals surface area contributed by atoms with Gasteiger partial charge in [-0.3, -0.25) is 4.79 Å². The first kappa shape index (κ1) is 19.9. The van der Waals surface area contributed by atoms with Crippen LogP contribution in [0.1, 0.15) is 44.9 Å². The van der Waals surface area contributed by atoms with Crippen LogP contribution in [0.3, 0.4) is 0 Å². The van der Waals surface area contributed by atoms with E-state index in [1.807, 2.05) is 53.9 Å². The third-order valence-electron chi connectivity index (χ3n) is 5.95. The summed E-state index contributed by atoms with van der Waals surface area (Å²) < 4.78 is 1.77. The average Bonchev–Trinajstić information content (AvgIpc) is 3.48. The molecule has 1 amide bonds. The van der Waals surface area contributed by atoms with Crippen molar-refractivity contribution >= 4 is 28.6 Å². The first-order valence-electron chi connectivity index (χ1n) is 10.9. The van der Waals surface area contributed by atoms with E-state index < -0.39 is 0 Å². The molecule has 0 spiro atoms. The molecule has 1 aliphatic rings. The smallest absolute Gasteiger partial charge is 0.224 e. The lowest BCUT2D eigenvalue weighted by molar-refractivity contribution is -0.116. The molecular weight excluding hydrogens is 406 g/mol. The predicted molar refractivity (Wildman–Crippen MR) is 124 cm³/mol. The zero-order chi connectivity index (χ0) is 21.0. The molecule has 1 N–H and O–H groups in total. The van der Waals surface area contributed by atoms with E-state index in [1.54, 1.807) is 15.9 Å². The Morgan fingerprint density at radius 2 is 1.97 bits per heavy atom. The second kappa shape index (κ2) is 8.98. The van der Waals surface area contributed by atoms with Crippen molar-refractivity contribution in [2.75, 3.05) is 5.32 Å². The normalized spacial score (nSPS) is 14.7. The molecule has 0 saturated heterocycles. The van der Waals surface area contributed by atoms with Crippen LogP contribution in [0.25, 0.3) is 27.6 Å². The van der Waals surface area contributed by atoms with Crippen molar-refractivity contribution in [1.82, 2.24) is 19.8 Å². The number of thiophene rings is 1. The van der Waals surface area contributed by atoms with E-state index in [1.165, 1.54) is 32.1 Å². The van der Waals surface area contributed by atoms with Gasteiger partial charge in [-0.05, 0) is 48.1 Å². The number of hydrogen-bond acceptors (Lipinski definition) is 5. The molecule has 1 aliphatic carbocycles. The number of aromatic nitrogens is 4. The molecule has 158 valence electrons. The fourth-order valence-electron chi connectivity index (χ4n) is 4.29. The number of fused-ring (bicyclic) bond motifs is 1. The number of hydrogen-bond donors (Lipinski definition) is 1. The molecule has 0 aliphatic heterocycles. The summed E-state index contributed by atoms with van der Waals surface area (Å²) in [5, 5.41) is 18.4. The summed E-state index contributed by atoms with van der Waals surface area (Å²) in [5.74, 6) is 1.53. The van der Waals surface area contributed by atoms with E-state index in [0.29, 0.717) is 18.0 Å². The van der Waals surface area contributed by atoms with Crippen LogP contribution in [-0.4, -0.2) is 25.7 Å². The van der Waals surface area contributed by atoms with Crippen LogP contribution in [0.4, 0.5) is 5.69 Å². The average molecular weight is 432 g/mol. The van der Waals surface area contributed by atoms with Crippen molar-refractivity contribution in [3.8, 4) is 22.0 Å². The number of carbonyl (C=O) groups is 1. The number of anilines is 1. The van der Waals surface area contributed by atoms with E-state index in [4.69, 9.17) is 5.10 Å². The van der Waals surface area contributed by atoms with Gasteiger partial charge in [0.1, 0.15) is 0 Å². The standard InChI is InChI=1S/C24H25N5OS/c30-23(14-11-17-6-2-1-3-7-17)25-19-9-4-8-18(16-19)20-12-13-22-26-27-24(29(22)28-20)21-10-5-15-31-21/h4-5,8-10,12-13,15-17H,1-3,6-7,11,14H2,(H,25,30). The number of nitrogens with one attached hydrogen (secondary N) is 1. The maximum atomic E-state index is 12.5. The number of nitrogens with zero attached hydrogens (tertiary/aromatic N) is 4. The van der Waals surface area contributed by atoms with Gasteiger partial charge in [0.2, 0.25) is 5.91 Å². The molecule has 6 nitrogen and oxygen atoms in total. The second-order valence-electron chi connectivity index (χ2n) is 8.16. The highest BCUT2D eigenvalue weighted by atomic mass is 32.1. The van der Waals surface area contributed by atoms with Crippen molar-refractivity contribution in [3.63, 3.8) is 0 Å². The molecule has 0 radical (unpaired) electrons. The third kappa shape index (κ3) is 4.51. The highest BCUT2D eigenvalue weighted by Crippen LogP contribution is 2.28. The van der Waals surface area contributed by atoms with Gasteiger partial charge in [-0.1, -0.05) is 50.3 Å². The monoisotopic (exact) mass is 431 g/mol. The highest BCUT2D eigenvalue weighted by Gasteiger charge is 2.15. The Kier molecular flexibility index (Phi) is 5.76. The molecule has 31 heavy (non-hydrogen) atoms. The topological polar surface area (TPSA) is 72.2 Å². The third-order valence-corrected chi connectivity index (χ3v) is 6.82. The first-order chi connectivity index (χ1) is 15.3. The van der Waals surface area contributed by atoms with Crippen LogP contribution in [-0.2, 0) is 4.79 Å². The Bertz CT molecular complexity index is 1180. The molecule has 1 saturated carbocycles. The van der Waals surface area contributed by atoms with E-state index in [0.717, 1.165) is 34.1 Å². The molecule has 3 heterocycles. The molecule has 3 aromatic heterocycles. The van der Waals surface area contributed by atoms with Crippen molar-refractivity contribution in [2.45, 2.75) is 44.9 Å². The van der Waals surface area contributed by atoms with Gasteiger partial charge in [0.05, 0.1) is 10.6 Å². The zero-order valence-corrected chi connectivity index (χ0v) is 18.1. The van der Waals surface area contributed by atoms with Crippen molar-refractivity contribution in [3.05, 3.63) is 53.9 Å². The molecule has 1 aromatic carbocycles.